The topological polar surface area (TPSA) is 24.4 Å². The summed E-state index contributed by atoms with van der Waals surface area (Å²) >= 11 is 0. The third kappa shape index (κ3) is 2.51. The fourth-order valence-electron chi connectivity index (χ4n) is 4.21. The Morgan fingerprint density at radius 2 is 1.35 bits per heavy atom. The van der Waals surface area contributed by atoms with E-state index in [1.165, 1.54) is 64.2 Å². The van der Waals surface area contributed by atoms with Crippen molar-refractivity contribution in [1.82, 2.24) is 5.32 Å². The molecule has 0 bridgehead atoms. The van der Waals surface area contributed by atoms with Crippen LogP contribution in [0.2, 0.25) is 0 Å². The summed E-state index contributed by atoms with van der Waals surface area (Å²) in [7, 11) is 0. The lowest BCUT2D eigenvalue weighted by atomic mass is 9.75. The van der Waals surface area contributed by atoms with E-state index >= 15 is 0 Å². The van der Waals surface area contributed by atoms with Crippen molar-refractivity contribution in [3.63, 3.8) is 0 Å². The van der Waals surface area contributed by atoms with Crippen LogP contribution in [0, 0.1) is 11.8 Å². The molecule has 1 aliphatic heterocycles. The minimum Gasteiger partial charge on any atom is -0.371 e. The van der Waals surface area contributed by atoms with Crippen molar-refractivity contribution in [3.05, 3.63) is 0 Å². The molecule has 0 amide bonds. The van der Waals surface area contributed by atoms with Gasteiger partial charge in [0, 0.05) is 0 Å². The maximum atomic E-state index is 4.78. The normalized spacial score (nSPS) is 36.0. The van der Waals surface area contributed by atoms with Gasteiger partial charge in [0.15, 0.2) is 0 Å². The monoisotopic (exact) mass is 234 g/mol. The molecule has 3 aliphatic rings. The third-order valence-corrected chi connectivity index (χ3v) is 5.17. The highest BCUT2D eigenvalue weighted by molar-refractivity contribution is 5.58. The molecule has 96 valence electrons. The van der Waals surface area contributed by atoms with E-state index in [-0.39, 0.29) is 0 Å². The number of nitrogens with zero attached hydrogens (tertiary/aromatic N) is 1. The number of nitrogens with one attached hydrogen (secondary N) is 1. The maximum absolute atomic E-state index is 4.78. The van der Waals surface area contributed by atoms with Gasteiger partial charge < -0.3 is 5.32 Å². The minimum absolute atomic E-state index is 0.610. The molecule has 17 heavy (non-hydrogen) atoms. The Labute approximate surface area is 105 Å². The molecule has 0 aromatic carbocycles. The van der Waals surface area contributed by atoms with Crippen molar-refractivity contribution >= 4 is 6.34 Å². The molecule has 3 rings (SSSR count). The smallest absolute Gasteiger partial charge is 0.0831 e. The lowest BCUT2D eigenvalue weighted by molar-refractivity contribution is 0.211. The van der Waals surface area contributed by atoms with Crippen molar-refractivity contribution in [2.45, 2.75) is 76.3 Å². The predicted molar refractivity (Wildman–Crippen MR) is 72.4 cm³/mol. The molecule has 2 unspecified atom stereocenters. The zero-order chi connectivity index (χ0) is 11.5. The highest BCUT2D eigenvalue weighted by Gasteiger charge is 2.37. The van der Waals surface area contributed by atoms with Crippen LogP contribution >= 0.6 is 0 Å². The average Bonchev–Trinajstić information content (AvgIpc) is 2.90. The van der Waals surface area contributed by atoms with Crippen LogP contribution in [0.4, 0.5) is 0 Å². The van der Waals surface area contributed by atoms with E-state index in [4.69, 9.17) is 4.99 Å². The lowest BCUT2D eigenvalue weighted by Gasteiger charge is -2.35. The van der Waals surface area contributed by atoms with E-state index in [0.29, 0.717) is 12.1 Å². The molecule has 2 aliphatic carbocycles. The second-order valence-electron chi connectivity index (χ2n) is 6.26. The predicted octanol–water partition coefficient (Wildman–Crippen LogP) is 3.52. The summed E-state index contributed by atoms with van der Waals surface area (Å²) < 4.78 is 0. The van der Waals surface area contributed by atoms with Gasteiger partial charge in [0.1, 0.15) is 0 Å². The average molecular weight is 234 g/mol. The number of rotatable bonds is 2. The van der Waals surface area contributed by atoms with E-state index in [9.17, 15) is 0 Å². The van der Waals surface area contributed by atoms with Crippen molar-refractivity contribution in [2.75, 3.05) is 0 Å². The Hall–Kier alpha value is -0.530. The van der Waals surface area contributed by atoms with Crippen molar-refractivity contribution < 1.29 is 0 Å². The van der Waals surface area contributed by atoms with Gasteiger partial charge in [-0.2, -0.15) is 0 Å². The molecule has 0 spiro atoms. The molecule has 0 aromatic rings. The molecule has 1 N–H and O–H groups in total. The minimum atomic E-state index is 0.610. The van der Waals surface area contributed by atoms with E-state index in [1.807, 2.05) is 6.34 Å². The van der Waals surface area contributed by atoms with Crippen molar-refractivity contribution in [3.8, 4) is 0 Å². The van der Waals surface area contributed by atoms with E-state index < -0.39 is 0 Å². The van der Waals surface area contributed by atoms with Gasteiger partial charge in [0.2, 0.25) is 0 Å². The second-order valence-corrected chi connectivity index (χ2v) is 6.26. The van der Waals surface area contributed by atoms with Gasteiger partial charge in [-0.25, -0.2) is 0 Å². The van der Waals surface area contributed by atoms with Crippen LogP contribution < -0.4 is 5.32 Å². The molecule has 0 radical (unpaired) electrons. The van der Waals surface area contributed by atoms with Crippen LogP contribution in [0.3, 0.4) is 0 Å². The highest BCUT2D eigenvalue weighted by Crippen LogP contribution is 2.36. The molecule has 0 aromatic heterocycles. The molecule has 2 fully saturated rings. The Balaban J connectivity index is 1.63. The zero-order valence-electron chi connectivity index (χ0n) is 10.9. The largest absolute Gasteiger partial charge is 0.371 e. The Kier molecular flexibility index (Phi) is 3.68. The Morgan fingerprint density at radius 1 is 0.765 bits per heavy atom. The van der Waals surface area contributed by atoms with Crippen LogP contribution in [0.25, 0.3) is 0 Å². The van der Waals surface area contributed by atoms with E-state index in [0.717, 1.165) is 11.8 Å². The van der Waals surface area contributed by atoms with Gasteiger partial charge in [-0.05, 0) is 37.5 Å². The highest BCUT2D eigenvalue weighted by atomic mass is 15.1. The SMILES string of the molecule is C1=NC(C2CCCCC2)C(C2CCCCC2)N1. The lowest BCUT2D eigenvalue weighted by Crippen LogP contribution is -2.43. The first-order valence-corrected chi connectivity index (χ1v) is 7.73. The molecule has 2 heteroatoms. The fourth-order valence-corrected chi connectivity index (χ4v) is 4.21. The van der Waals surface area contributed by atoms with Gasteiger partial charge in [0.05, 0.1) is 18.4 Å². The summed E-state index contributed by atoms with van der Waals surface area (Å²) in [5.41, 5.74) is 0. The number of hydrogen-bond donors (Lipinski definition) is 1. The van der Waals surface area contributed by atoms with Crippen LogP contribution in [0.5, 0.6) is 0 Å². The van der Waals surface area contributed by atoms with Gasteiger partial charge in [-0.3, -0.25) is 4.99 Å². The first-order chi connectivity index (χ1) is 8.45. The van der Waals surface area contributed by atoms with Crippen LogP contribution in [-0.4, -0.2) is 18.4 Å². The summed E-state index contributed by atoms with van der Waals surface area (Å²) in [6.07, 6.45) is 16.4. The fraction of sp³-hybridized carbons (Fsp3) is 0.933. The molecule has 2 atom stereocenters. The number of hydrogen-bond acceptors (Lipinski definition) is 2. The van der Waals surface area contributed by atoms with E-state index in [1.54, 1.807) is 0 Å². The van der Waals surface area contributed by atoms with Crippen LogP contribution in [0.1, 0.15) is 64.2 Å². The molecule has 1 heterocycles. The van der Waals surface area contributed by atoms with Crippen LogP contribution in [0.15, 0.2) is 4.99 Å². The summed E-state index contributed by atoms with van der Waals surface area (Å²) in [4.78, 5) is 4.78. The van der Waals surface area contributed by atoms with Gasteiger partial charge >= 0.3 is 0 Å². The van der Waals surface area contributed by atoms with Gasteiger partial charge in [0.25, 0.3) is 0 Å². The quantitative estimate of drug-likeness (QED) is 0.777. The van der Waals surface area contributed by atoms with Gasteiger partial charge in [-0.15, -0.1) is 0 Å². The third-order valence-electron chi connectivity index (χ3n) is 5.17. The first-order valence-electron chi connectivity index (χ1n) is 7.73. The second kappa shape index (κ2) is 5.41. The van der Waals surface area contributed by atoms with Crippen molar-refractivity contribution in [2.24, 2.45) is 16.8 Å². The summed E-state index contributed by atoms with van der Waals surface area (Å²) in [5.74, 6) is 1.78. The first kappa shape index (κ1) is 11.6. The van der Waals surface area contributed by atoms with Gasteiger partial charge in [-0.1, -0.05) is 38.5 Å². The molecule has 2 nitrogen and oxygen atoms in total. The molecular formula is C15H26N2. The Morgan fingerprint density at radius 3 is 2.00 bits per heavy atom. The zero-order valence-corrected chi connectivity index (χ0v) is 10.9. The molecule has 2 saturated carbocycles. The van der Waals surface area contributed by atoms with E-state index in [2.05, 4.69) is 5.32 Å². The summed E-state index contributed by atoms with van der Waals surface area (Å²) in [6.45, 7) is 0. The standard InChI is InChI=1S/C15H26N2/c1-3-7-12(8-4-1)14-15(17-11-16-14)13-9-5-2-6-10-13/h11-15H,1-10H2,(H,16,17). The van der Waals surface area contributed by atoms with Crippen LogP contribution in [-0.2, 0) is 0 Å². The maximum Gasteiger partial charge on any atom is 0.0831 e. The summed E-state index contributed by atoms with van der Waals surface area (Å²) in [5, 5.41) is 3.58. The molecule has 0 saturated heterocycles. The van der Waals surface area contributed by atoms with Crippen molar-refractivity contribution in [1.29, 1.82) is 0 Å². The molecular weight excluding hydrogens is 208 g/mol. The Bertz CT molecular complexity index is 262. The summed E-state index contributed by atoms with van der Waals surface area (Å²) in [6, 6.07) is 1.29. The number of aliphatic imine (C=N–C) groups is 1.